The summed E-state index contributed by atoms with van der Waals surface area (Å²) in [6.45, 7) is -0.0156. The van der Waals surface area contributed by atoms with Crippen molar-refractivity contribution in [2.75, 3.05) is 12.1 Å². The topological polar surface area (TPSA) is 102 Å². The molecule has 0 unspecified atom stereocenters. The van der Waals surface area contributed by atoms with Crippen molar-refractivity contribution >= 4 is 27.3 Å². The Bertz CT molecular complexity index is 470. The molecule has 1 aromatic heterocycles. The van der Waals surface area contributed by atoms with Crippen molar-refractivity contribution in [1.29, 1.82) is 0 Å². The van der Waals surface area contributed by atoms with E-state index in [0.29, 0.717) is 0 Å². The summed E-state index contributed by atoms with van der Waals surface area (Å²) in [5.41, 5.74) is 0. The summed E-state index contributed by atoms with van der Waals surface area (Å²) >= 11 is 5.35. The molecule has 1 rings (SSSR count). The van der Waals surface area contributed by atoms with Crippen LogP contribution in [0.15, 0.2) is 9.64 Å². The highest BCUT2D eigenvalue weighted by Crippen LogP contribution is 2.06. The third-order valence-electron chi connectivity index (χ3n) is 1.52. The van der Waals surface area contributed by atoms with E-state index in [1.807, 2.05) is 0 Å². The van der Waals surface area contributed by atoms with Crippen LogP contribution in [0.3, 0.4) is 0 Å². The molecule has 0 aliphatic rings. The first-order chi connectivity index (χ1) is 7.43. The number of sulfone groups is 1. The summed E-state index contributed by atoms with van der Waals surface area (Å²) in [6, 6.07) is 0. The largest absolute Gasteiger partial charge is 0.411 e. The lowest BCUT2D eigenvalue weighted by Crippen LogP contribution is -2.22. The minimum atomic E-state index is -3.50. The molecule has 0 spiro atoms. The maximum absolute atomic E-state index is 11.0. The van der Waals surface area contributed by atoms with Crippen LogP contribution in [0.2, 0.25) is 0 Å². The molecule has 1 aromatic rings. The van der Waals surface area contributed by atoms with Gasteiger partial charge in [0.05, 0.1) is 6.54 Å². The van der Waals surface area contributed by atoms with Crippen LogP contribution in [-0.4, -0.2) is 36.7 Å². The van der Waals surface area contributed by atoms with Crippen LogP contribution in [0.4, 0.5) is 0 Å². The summed E-state index contributed by atoms with van der Waals surface area (Å²) in [5, 5.41) is 8.79. The normalized spacial score (nSPS) is 11.4. The number of alkyl halides is 1. The number of rotatable bonds is 5. The van der Waals surface area contributed by atoms with Crippen LogP contribution in [0, 0.1) is 0 Å². The van der Waals surface area contributed by atoms with Crippen LogP contribution in [0.25, 0.3) is 0 Å². The van der Waals surface area contributed by atoms with Crippen molar-refractivity contribution in [2.45, 2.75) is 18.2 Å². The van der Waals surface area contributed by atoms with Gasteiger partial charge < -0.3 is 9.73 Å². The van der Waals surface area contributed by atoms with Gasteiger partial charge in [0.15, 0.2) is 0 Å². The number of halogens is 1. The SMILES string of the molecule is CS(=O)(=O)c1nnc(CNC(=O)CCCl)o1. The number of aromatic nitrogens is 2. The quantitative estimate of drug-likeness (QED) is 0.736. The van der Waals surface area contributed by atoms with Gasteiger partial charge in [-0.25, -0.2) is 8.42 Å². The lowest BCUT2D eigenvalue weighted by molar-refractivity contribution is -0.120. The highest BCUT2D eigenvalue weighted by molar-refractivity contribution is 7.90. The fourth-order valence-electron chi connectivity index (χ4n) is 0.808. The van der Waals surface area contributed by atoms with E-state index in [1.54, 1.807) is 0 Å². The molecule has 90 valence electrons. The predicted molar refractivity (Wildman–Crippen MR) is 54.6 cm³/mol. The predicted octanol–water partition coefficient (Wildman–Crippen LogP) is -0.282. The molecule has 0 aliphatic heterocycles. The molecule has 0 saturated heterocycles. The van der Waals surface area contributed by atoms with E-state index in [1.165, 1.54) is 0 Å². The van der Waals surface area contributed by atoms with Gasteiger partial charge in [-0.3, -0.25) is 4.79 Å². The summed E-state index contributed by atoms with van der Waals surface area (Å²) < 4.78 is 26.8. The van der Waals surface area contributed by atoms with Crippen molar-refractivity contribution in [1.82, 2.24) is 15.5 Å². The molecule has 9 heteroatoms. The Morgan fingerprint density at radius 1 is 1.50 bits per heavy atom. The fraction of sp³-hybridized carbons (Fsp3) is 0.571. The second-order valence-corrected chi connectivity index (χ2v) is 5.22. The average Bonchev–Trinajstić information content (AvgIpc) is 2.63. The molecule has 0 aromatic carbocycles. The number of nitrogens with one attached hydrogen (secondary N) is 1. The highest BCUT2D eigenvalue weighted by Gasteiger charge is 2.16. The molecule has 7 nitrogen and oxygen atoms in total. The van der Waals surface area contributed by atoms with E-state index >= 15 is 0 Å². The first-order valence-corrected chi connectivity index (χ1v) is 6.71. The van der Waals surface area contributed by atoms with Gasteiger partial charge in [-0.05, 0) is 0 Å². The Morgan fingerprint density at radius 3 is 2.69 bits per heavy atom. The zero-order chi connectivity index (χ0) is 12.2. The molecular formula is C7H10ClN3O4S. The monoisotopic (exact) mass is 267 g/mol. The number of carbonyl (C=O) groups excluding carboxylic acids is 1. The van der Waals surface area contributed by atoms with Crippen LogP contribution in [-0.2, 0) is 21.2 Å². The number of hydrogen-bond donors (Lipinski definition) is 1. The van der Waals surface area contributed by atoms with Gasteiger partial charge in [0.25, 0.3) is 0 Å². The Balaban J connectivity index is 2.57. The Labute approximate surface area is 97.1 Å². The maximum Gasteiger partial charge on any atom is 0.335 e. The molecule has 0 radical (unpaired) electrons. The van der Waals surface area contributed by atoms with Crippen molar-refractivity contribution in [3.05, 3.63) is 5.89 Å². The molecule has 0 aliphatic carbocycles. The van der Waals surface area contributed by atoms with Gasteiger partial charge in [0.1, 0.15) is 0 Å². The van der Waals surface area contributed by atoms with Gasteiger partial charge in [0, 0.05) is 18.6 Å². The van der Waals surface area contributed by atoms with Crippen molar-refractivity contribution in [3.8, 4) is 0 Å². The van der Waals surface area contributed by atoms with Crippen molar-refractivity contribution in [3.63, 3.8) is 0 Å². The summed E-state index contributed by atoms with van der Waals surface area (Å²) in [6.07, 6.45) is 1.13. The summed E-state index contributed by atoms with van der Waals surface area (Å²) in [7, 11) is -3.50. The standard InChI is InChI=1S/C7H10ClN3O4S/c1-16(13,14)7-11-10-6(15-7)4-9-5(12)2-3-8/h2-4H2,1H3,(H,9,12). The van der Waals surface area contributed by atoms with E-state index in [9.17, 15) is 13.2 Å². The third-order valence-corrected chi connectivity index (χ3v) is 2.51. The second kappa shape index (κ2) is 5.26. The summed E-state index contributed by atoms with van der Waals surface area (Å²) in [5.74, 6) is -0.0259. The van der Waals surface area contributed by atoms with Crippen LogP contribution >= 0.6 is 11.6 Å². The van der Waals surface area contributed by atoms with E-state index in [2.05, 4.69) is 15.5 Å². The Kier molecular flexibility index (Phi) is 4.25. The van der Waals surface area contributed by atoms with Gasteiger partial charge >= 0.3 is 5.22 Å². The van der Waals surface area contributed by atoms with E-state index in [4.69, 9.17) is 16.0 Å². The van der Waals surface area contributed by atoms with Crippen LogP contribution in [0.1, 0.15) is 12.3 Å². The Morgan fingerprint density at radius 2 is 2.19 bits per heavy atom. The molecular weight excluding hydrogens is 258 g/mol. The molecule has 16 heavy (non-hydrogen) atoms. The zero-order valence-corrected chi connectivity index (χ0v) is 10.0. The maximum atomic E-state index is 11.0. The van der Waals surface area contributed by atoms with Crippen molar-refractivity contribution < 1.29 is 17.6 Å². The number of nitrogens with zero attached hydrogens (tertiary/aromatic N) is 2. The molecule has 0 bridgehead atoms. The summed E-state index contributed by atoms with van der Waals surface area (Å²) in [4.78, 5) is 11.0. The smallest absolute Gasteiger partial charge is 0.335 e. The molecule has 1 N–H and O–H groups in total. The van der Waals surface area contributed by atoms with Crippen molar-refractivity contribution in [2.24, 2.45) is 0 Å². The molecule has 1 heterocycles. The molecule has 0 atom stereocenters. The van der Waals surface area contributed by atoms with E-state index in [0.717, 1.165) is 6.26 Å². The second-order valence-electron chi connectivity index (χ2n) is 2.95. The molecule has 0 saturated carbocycles. The minimum Gasteiger partial charge on any atom is -0.411 e. The highest BCUT2D eigenvalue weighted by atomic mass is 35.5. The number of hydrogen-bond acceptors (Lipinski definition) is 6. The average molecular weight is 268 g/mol. The zero-order valence-electron chi connectivity index (χ0n) is 8.43. The van der Waals surface area contributed by atoms with Gasteiger partial charge in [-0.2, -0.15) is 0 Å². The van der Waals surface area contributed by atoms with E-state index < -0.39 is 15.1 Å². The minimum absolute atomic E-state index is 0.0156. The van der Waals surface area contributed by atoms with Gasteiger partial charge in [-0.15, -0.1) is 16.7 Å². The molecule has 0 fully saturated rings. The van der Waals surface area contributed by atoms with Crippen LogP contribution in [0.5, 0.6) is 0 Å². The lowest BCUT2D eigenvalue weighted by Gasteiger charge is -1.98. The van der Waals surface area contributed by atoms with Gasteiger partial charge in [-0.1, -0.05) is 5.10 Å². The lowest BCUT2D eigenvalue weighted by atomic mass is 10.4. The number of amides is 1. The fourth-order valence-corrected chi connectivity index (χ4v) is 1.42. The first-order valence-electron chi connectivity index (χ1n) is 4.28. The number of carbonyl (C=O) groups is 1. The van der Waals surface area contributed by atoms with Gasteiger partial charge in [0.2, 0.25) is 21.6 Å². The first kappa shape index (κ1) is 12.9. The molecule has 1 amide bonds. The Hall–Kier alpha value is -1.15. The van der Waals surface area contributed by atoms with Crippen LogP contribution < -0.4 is 5.32 Å². The van der Waals surface area contributed by atoms with E-state index in [-0.39, 0.29) is 30.6 Å². The third kappa shape index (κ3) is 3.78.